The number of carbonyl (C=O) groups is 1. The van der Waals surface area contributed by atoms with Crippen molar-refractivity contribution in [3.63, 3.8) is 0 Å². The van der Waals surface area contributed by atoms with Crippen LogP contribution < -0.4 is 0 Å². The second-order valence-corrected chi connectivity index (χ2v) is 5.87. The molecule has 136 valence electrons. The van der Waals surface area contributed by atoms with Crippen molar-refractivity contribution in [1.82, 2.24) is 14.5 Å². The number of carboxylic acids is 1. The van der Waals surface area contributed by atoms with E-state index in [1.54, 1.807) is 6.20 Å². The van der Waals surface area contributed by atoms with E-state index in [2.05, 4.69) is 9.97 Å². The van der Waals surface area contributed by atoms with E-state index in [9.17, 15) is 18.0 Å². The minimum atomic E-state index is -4.41. The van der Waals surface area contributed by atoms with Crippen molar-refractivity contribution in [1.29, 1.82) is 0 Å². The number of hydrogen-bond donors (Lipinski definition) is 1. The molecule has 25 heavy (non-hydrogen) atoms. The lowest BCUT2D eigenvalue weighted by molar-refractivity contribution is -0.138. The summed E-state index contributed by atoms with van der Waals surface area (Å²) >= 11 is 0. The highest BCUT2D eigenvalue weighted by Gasteiger charge is 2.34. The molecule has 5 nitrogen and oxygen atoms in total. The Balaban J connectivity index is 0.000000277. The molecule has 0 aromatic carbocycles. The lowest BCUT2D eigenvalue weighted by Crippen LogP contribution is -2.10. The topological polar surface area (TPSA) is 68.0 Å². The molecular weight excluding hydrogens is 335 g/mol. The van der Waals surface area contributed by atoms with E-state index >= 15 is 0 Å². The van der Waals surface area contributed by atoms with Crippen LogP contribution in [0.4, 0.5) is 13.2 Å². The first-order valence-corrected chi connectivity index (χ1v) is 8.10. The molecule has 1 aliphatic rings. The van der Waals surface area contributed by atoms with E-state index < -0.39 is 17.7 Å². The van der Waals surface area contributed by atoms with Crippen molar-refractivity contribution in [2.45, 2.75) is 51.1 Å². The average Bonchev–Trinajstić information content (AvgIpc) is 3.30. The van der Waals surface area contributed by atoms with Gasteiger partial charge in [0.1, 0.15) is 0 Å². The van der Waals surface area contributed by atoms with Gasteiger partial charge in [-0.1, -0.05) is 13.3 Å². The highest BCUT2D eigenvalue weighted by Crippen LogP contribution is 2.39. The predicted molar refractivity (Wildman–Crippen MR) is 85.5 cm³/mol. The third kappa shape index (κ3) is 5.58. The molecule has 1 fully saturated rings. The number of aromatic nitrogens is 3. The second kappa shape index (κ2) is 8.13. The van der Waals surface area contributed by atoms with Crippen molar-refractivity contribution >= 4 is 5.97 Å². The van der Waals surface area contributed by atoms with Gasteiger partial charge in [-0.25, -0.2) is 4.98 Å². The number of imidazole rings is 1. The highest BCUT2D eigenvalue weighted by atomic mass is 19.4. The summed E-state index contributed by atoms with van der Waals surface area (Å²) in [5.74, 6) is -0.274. The Hall–Kier alpha value is -2.38. The summed E-state index contributed by atoms with van der Waals surface area (Å²) in [6.07, 6.45) is 5.10. The van der Waals surface area contributed by atoms with E-state index in [0.29, 0.717) is 12.3 Å². The Morgan fingerprint density at radius 1 is 1.40 bits per heavy atom. The number of carboxylic acid groups (broad SMARTS) is 1. The number of rotatable bonds is 5. The fourth-order valence-corrected chi connectivity index (χ4v) is 2.22. The van der Waals surface area contributed by atoms with Gasteiger partial charge in [-0.2, -0.15) is 13.2 Å². The highest BCUT2D eigenvalue weighted by molar-refractivity contribution is 5.66. The number of hydrogen-bond acceptors (Lipinski definition) is 3. The summed E-state index contributed by atoms with van der Waals surface area (Å²) in [6.45, 7) is 1.98. The molecule has 2 heterocycles. The van der Waals surface area contributed by atoms with Crippen LogP contribution in [0.15, 0.2) is 31.0 Å². The van der Waals surface area contributed by atoms with Gasteiger partial charge >= 0.3 is 12.1 Å². The Morgan fingerprint density at radius 3 is 2.64 bits per heavy atom. The summed E-state index contributed by atoms with van der Waals surface area (Å²) < 4.78 is 39.9. The van der Waals surface area contributed by atoms with Crippen molar-refractivity contribution < 1.29 is 23.1 Å². The number of alkyl halides is 3. The van der Waals surface area contributed by atoms with Crippen LogP contribution >= 0.6 is 0 Å². The average molecular weight is 355 g/mol. The largest absolute Gasteiger partial charge is 0.481 e. The summed E-state index contributed by atoms with van der Waals surface area (Å²) in [6, 6.07) is 1.35. The monoisotopic (exact) mass is 355 g/mol. The fraction of sp³-hybridized carbons (Fsp3) is 0.471. The van der Waals surface area contributed by atoms with Gasteiger partial charge in [-0.3, -0.25) is 9.78 Å². The minimum absolute atomic E-state index is 0.0666. The third-order valence-electron chi connectivity index (χ3n) is 3.72. The van der Waals surface area contributed by atoms with Crippen molar-refractivity contribution in [3.05, 3.63) is 42.2 Å². The maximum absolute atomic E-state index is 12.8. The lowest BCUT2D eigenvalue weighted by atomic mass is 10.2. The summed E-state index contributed by atoms with van der Waals surface area (Å²) in [5.41, 5.74) is 0.182. The van der Waals surface area contributed by atoms with Gasteiger partial charge in [0.05, 0.1) is 23.3 Å². The molecule has 8 heteroatoms. The first kappa shape index (κ1) is 19.0. The lowest BCUT2D eigenvalue weighted by Gasteiger charge is -2.11. The molecular formula is C17H20F3N3O2. The second-order valence-electron chi connectivity index (χ2n) is 5.87. The molecule has 1 saturated carbocycles. The van der Waals surface area contributed by atoms with Gasteiger partial charge in [0.25, 0.3) is 0 Å². The van der Waals surface area contributed by atoms with Crippen LogP contribution in [0.1, 0.15) is 56.2 Å². The Bertz CT molecular complexity index is 709. The van der Waals surface area contributed by atoms with Crippen LogP contribution in [0.3, 0.4) is 0 Å². The maximum atomic E-state index is 12.8. The molecule has 0 atom stereocenters. The minimum Gasteiger partial charge on any atom is -0.481 e. The number of aliphatic carboxylic acids is 1. The summed E-state index contributed by atoms with van der Waals surface area (Å²) in [7, 11) is 0. The molecule has 1 N–H and O–H groups in total. The zero-order valence-corrected chi connectivity index (χ0v) is 13.8. The normalized spacial score (nSPS) is 13.9. The van der Waals surface area contributed by atoms with Crippen LogP contribution in [0.5, 0.6) is 0 Å². The van der Waals surface area contributed by atoms with E-state index in [0.717, 1.165) is 37.6 Å². The van der Waals surface area contributed by atoms with Crippen molar-refractivity contribution in [2.24, 2.45) is 0 Å². The van der Waals surface area contributed by atoms with Gasteiger partial charge < -0.3 is 9.67 Å². The molecule has 0 saturated heterocycles. The third-order valence-corrected chi connectivity index (χ3v) is 3.72. The van der Waals surface area contributed by atoms with E-state index in [4.69, 9.17) is 5.11 Å². The SMILES string of the molecule is CCCCC(=O)O.FC(F)(F)c1cnccc1-n1cnc(C2CC2)c1. The molecule has 0 bridgehead atoms. The van der Waals surface area contributed by atoms with Crippen molar-refractivity contribution in [3.8, 4) is 5.69 Å². The Kier molecular flexibility index (Phi) is 6.17. The number of halogens is 3. The smallest absolute Gasteiger partial charge is 0.419 e. The summed E-state index contributed by atoms with van der Waals surface area (Å²) in [5, 5.41) is 8.04. The molecule has 2 aromatic rings. The van der Waals surface area contributed by atoms with E-state index in [1.807, 2.05) is 6.92 Å². The fourth-order valence-electron chi connectivity index (χ4n) is 2.22. The molecule has 0 radical (unpaired) electrons. The maximum Gasteiger partial charge on any atom is 0.419 e. The first-order valence-electron chi connectivity index (χ1n) is 8.10. The van der Waals surface area contributed by atoms with E-state index in [1.165, 1.54) is 23.2 Å². The molecule has 3 rings (SSSR count). The van der Waals surface area contributed by atoms with Crippen LogP contribution in [-0.2, 0) is 11.0 Å². The number of nitrogens with zero attached hydrogens (tertiary/aromatic N) is 3. The van der Waals surface area contributed by atoms with Gasteiger partial charge in [-0.05, 0) is 25.3 Å². The zero-order valence-electron chi connectivity index (χ0n) is 13.8. The number of pyridine rings is 1. The standard InChI is InChI=1S/C12H10F3N3.C5H10O2/c13-12(14,15)9-5-16-4-3-11(9)18-6-10(17-7-18)8-1-2-8;1-2-3-4-5(6)7/h3-8H,1-2H2;2-4H2,1H3,(H,6,7). The molecule has 0 unspecified atom stereocenters. The number of unbranched alkanes of at least 4 members (excludes halogenated alkanes) is 1. The van der Waals surface area contributed by atoms with Crippen LogP contribution in [-0.4, -0.2) is 25.6 Å². The quantitative estimate of drug-likeness (QED) is 0.862. The Morgan fingerprint density at radius 2 is 2.12 bits per heavy atom. The van der Waals surface area contributed by atoms with Crippen LogP contribution in [0.25, 0.3) is 5.69 Å². The molecule has 0 spiro atoms. The summed E-state index contributed by atoms with van der Waals surface area (Å²) in [4.78, 5) is 17.4. The van der Waals surface area contributed by atoms with Gasteiger partial charge in [0, 0.05) is 30.9 Å². The molecule has 2 aromatic heterocycles. The first-order chi connectivity index (χ1) is 11.8. The molecule has 1 aliphatic carbocycles. The van der Waals surface area contributed by atoms with Crippen molar-refractivity contribution in [2.75, 3.05) is 0 Å². The van der Waals surface area contributed by atoms with E-state index in [-0.39, 0.29) is 5.69 Å². The molecule has 0 amide bonds. The predicted octanol–water partition coefficient (Wildman–Crippen LogP) is 4.42. The van der Waals surface area contributed by atoms with Gasteiger partial charge in [0.2, 0.25) is 0 Å². The van der Waals surface area contributed by atoms with Gasteiger partial charge in [-0.15, -0.1) is 0 Å². The molecule has 0 aliphatic heterocycles. The van der Waals surface area contributed by atoms with Crippen LogP contribution in [0.2, 0.25) is 0 Å². The van der Waals surface area contributed by atoms with Gasteiger partial charge in [0.15, 0.2) is 0 Å². The van der Waals surface area contributed by atoms with Crippen LogP contribution in [0, 0.1) is 0 Å². The zero-order chi connectivity index (χ0) is 18.4. The Labute approximate surface area is 143 Å².